The molecule has 0 aliphatic carbocycles. The van der Waals surface area contributed by atoms with Crippen molar-refractivity contribution in [2.24, 2.45) is 0 Å². The molecule has 0 unspecified atom stereocenters. The molecule has 0 aromatic heterocycles. The Morgan fingerprint density at radius 2 is 1.58 bits per heavy atom. The minimum Gasteiger partial charge on any atom is -0.351 e. The van der Waals surface area contributed by atoms with Gasteiger partial charge in [0.2, 0.25) is 11.8 Å². The molecule has 0 saturated carbocycles. The molecule has 0 radical (unpaired) electrons. The maximum Gasteiger partial charge on any atom is 0.236 e. The molecule has 1 N–H and O–H groups in total. The molecule has 6 heteroatoms. The van der Waals surface area contributed by atoms with E-state index >= 15 is 0 Å². The van der Waals surface area contributed by atoms with Crippen molar-refractivity contribution in [1.82, 2.24) is 20.0 Å². The van der Waals surface area contributed by atoms with E-state index in [1.54, 1.807) is 0 Å². The quantitative estimate of drug-likeness (QED) is 0.754. The first kappa shape index (κ1) is 20.4. The van der Waals surface area contributed by atoms with Crippen molar-refractivity contribution in [3.8, 4) is 0 Å². The topological polar surface area (TPSA) is 55.9 Å². The SMILES string of the molecule is CCN(CC)C(=O)CN1CCN(CC(=O)NCc2ccccc2C)CC1. The van der Waals surface area contributed by atoms with Gasteiger partial charge >= 0.3 is 0 Å². The highest BCUT2D eigenvalue weighted by Crippen LogP contribution is 2.06. The molecule has 0 spiro atoms. The number of piperazine rings is 1. The predicted octanol–water partition coefficient (Wildman–Crippen LogP) is 1.10. The van der Waals surface area contributed by atoms with E-state index in [9.17, 15) is 9.59 Å². The summed E-state index contributed by atoms with van der Waals surface area (Å²) in [5.41, 5.74) is 2.35. The highest BCUT2D eigenvalue weighted by atomic mass is 16.2. The van der Waals surface area contributed by atoms with Crippen LogP contribution in [0.15, 0.2) is 24.3 Å². The smallest absolute Gasteiger partial charge is 0.236 e. The number of amides is 2. The molecular formula is C20H32N4O2. The summed E-state index contributed by atoms with van der Waals surface area (Å²) in [4.78, 5) is 30.6. The van der Waals surface area contributed by atoms with E-state index in [-0.39, 0.29) is 11.8 Å². The van der Waals surface area contributed by atoms with Crippen LogP contribution >= 0.6 is 0 Å². The van der Waals surface area contributed by atoms with Crippen LogP contribution in [0, 0.1) is 6.92 Å². The second-order valence-electron chi connectivity index (χ2n) is 6.82. The van der Waals surface area contributed by atoms with Gasteiger partial charge in [-0.05, 0) is 31.9 Å². The lowest BCUT2D eigenvalue weighted by atomic mass is 10.1. The minimum absolute atomic E-state index is 0.0564. The number of aryl methyl sites for hydroxylation is 1. The van der Waals surface area contributed by atoms with Crippen molar-refractivity contribution in [3.05, 3.63) is 35.4 Å². The van der Waals surface area contributed by atoms with Crippen LogP contribution in [-0.4, -0.2) is 78.9 Å². The van der Waals surface area contributed by atoms with E-state index in [0.717, 1.165) is 44.8 Å². The van der Waals surface area contributed by atoms with Gasteiger partial charge in [-0.1, -0.05) is 24.3 Å². The van der Waals surface area contributed by atoms with E-state index in [2.05, 4.69) is 28.1 Å². The molecule has 1 heterocycles. The van der Waals surface area contributed by atoms with Crippen molar-refractivity contribution >= 4 is 11.8 Å². The summed E-state index contributed by atoms with van der Waals surface area (Å²) >= 11 is 0. The van der Waals surface area contributed by atoms with Gasteiger partial charge in [0.05, 0.1) is 13.1 Å². The van der Waals surface area contributed by atoms with Crippen LogP contribution in [0.1, 0.15) is 25.0 Å². The average Bonchev–Trinajstić information content (AvgIpc) is 2.64. The highest BCUT2D eigenvalue weighted by Gasteiger charge is 2.21. The summed E-state index contributed by atoms with van der Waals surface area (Å²) < 4.78 is 0. The number of nitrogens with zero attached hydrogens (tertiary/aromatic N) is 3. The third kappa shape index (κ3) is 6.11. The predicted molar refractivity (Wildman–Crippen MR) is 104 cm³/mol. The molecule has 1 aromatic carbocycles. The maximum absolute atomic E-state index is 12.2. The molecule has 2 amide bonds. The molecule has 26 heavy (non-hydrogen) atoms. The number of nitrogens with one attached hydrogen (secondary N) is 1. The van der Waals surface area contributed by atoms with Crippen molar-refractivity contribution in [1.29, 1.82) is 0 Å². The number of hydrogen-bond donors (Lipinski definition) is 1. The molecule has 1 aliphatic rings. The van der Waals surface area contributed by atoms with Crippen LogP contribution in [0.2, 0.25) is 0 Å². The number of carbonyl (C=O) groups excluding carboxylic acids is 2. The summed E-state index contributed by atoms with van der Waals surface area (Å²) in [6.07, 6.45) is 0. The Balaban J connectivity index is 1.69. The lowest BCUT2D eigenvalue weighted by Gasteiger charge is -2.34. The van der Waals surface area contributed by atoms with Gasteiger partial charge in [-0.15, -0.1) is 0 Å². The van der Waals surface area contributed by atoms with Gasteiger partial charge in [0.15, 0.2) is 0 Å². The van der Waals surface area contributed by atoms with Crippen LogP contribution in [0.5, 0.6) is 0 Å². The highest BCUT2D eigenvalue weighted by molar-refractivity contribution is 5.78. The fraction of sp³-hybridized carbons (Fsp3) is 0.600. The molecule has 144 valence electrons. The number of carbonyl (C=O) groups is 2. The second-order valence-corrected chi connectivity index (χ2v) is 6.82. The van der Waals surface area contributed by atoms with Crippen LogP contribution in [0.3, 0.4) is 0 Å². The van der Waals surface area contributed by atoms with E-state index < -0.39 is 0 Å². The lowest BCUT2D eigenvalue weighted by molar-refractivity contribution is -0.133. The molecule has 6 nitrogen and oxygen atoms in total. The van der Waals surface area contributed by atoms with Crippen molar-refractivity contribution in [3.63, 3.8) is 0 Å². The van der Waals surface area contributed by atoms with Crippen LogP contribution in [0.4, 0.5) is 0 Å². The molecule has 1 saturated heterocycles. The first-order valence-corrected chi connectivity index (χ1v) is 9.57. The first-order chi connectivity index (χ1) is 12.5. The van der Waals surface area contributed by atoms with E-state index in [0.29, 0.717) is 19.6 Å². The number of hydrogen-bond acceptors (Lipinski definition) is 4. The Morgan fingerprint density at radius 3 is 2.15 bits per heavy atom. The van der Waals surface area contributed by atoms with Gasteiger partial charge in [0, 0.05) is 45.8 Å². The van der Waals surface area contributed by atoms with E-state index in [1.807, 2.05) is 36.9 Å². The third-order valence-corrected chi connectivity index (χ3v) is 5.04. The molecule has 0 atom stereocenters. The van der Waals surface area contributed by atoms with Gasteiger partial charge in [0.25, 0.3) is 0 Å². The maximum atomic E-state index is 12.2. The van der Waals surface area contributed by atoms with Crippen molar-refractivity contribution in [2.75, 3.05) is 52.4 Å². The zero-order valence-electron chi connectivity index (χ0n) is 16.3. The molecule has 2 rings (SSSR count). The van der Waals surface area contributed by atoms with E-state index in [4.69, 9.17) is 0 Å². The Morgan fingerprint density at radius 1 is 1.00 bits per heavy atom. The Kier molecular flexibility index (Phi) is 8.06. The van der Waals surface area contributed by atoms with Crippen LogP contribution in [-0.2, 0) is 16.1 Å². The van der Waals surface area contributed by atoms with Gasteiger partial charge in [0.1, 0.15) is 0 Å². The van der Waals surface area contributed by atoms with Gasteiger partial charge < -0.3 is 10.2 Å². The molecule has 1 aromatic rings. The van der Waals surface area contributed by atoms with Gasteiger partial charge in [-0.25, -0.2) is 0 Å². The first-order valence-electron chi connectivity index (χ1n) is 9.57. The largest absolute Gasteiger partial charge is 0.351 e. The molecule has 1 fully saturated rings. The molecule has 1 aliphatic heterocycles. The van der Waals surface area contributed by atoms with Crippen LogP contribution in [0.25, 0.3) is 0 Å². The Labute approximate surface area is 157 Å². The minimum atomic E-state index is 0.0564. The van der Waals surface area contributed by atoms with E-state index in [1.165, 1.54) is 5.56 Å². The summed E-state index contributed by atoms with van der Waals surface area (Å²) in [5, 5.41) is 3.01. The molecule has 0 bridgehead atoms. The number of rotatable bonds is 8. The standard InChI is InChI=1S/C20H32N4O2/c1-4-24(5-2)20(26)16-23-12-10-22(11-13-23)15-19(25)21-14-18-9-7-6-8-17(18)3/h6-9H,4-5,10-16H2,1-3H3,(H,21,25). The van der Waals surface area contributed by atoms with Crippen molar-refractivity contribution in [2.45, 2.75) is 27.3 Å². The lowest BCUT2D eigenvalue weighted by Crippen LogP contribution is -2.51. The summed E-state index contributed by atoms with van der Waals surface area (Å²) in [7, 11) is 0. The van der Waals surface area contributed by atoms with Crippen LogP contribution < -0.4 is 5.32 Å². The summed E-state index contributed by atoms with van der Waals surface area (Å²) in [6.45, 7) is 12.4. The summed E-state index contributed by atoms with van der Waals surface area (Å²) in [6, 6.07) is 8.10. The fourth-order valence-electron chi connectivity index (χ4n) is 3.23. The zero-order chi connectivity index (χ0) is 18.9. The second kappa shape index (κ2) is 10.3. The third-order valence-electron chi connectivity index (χ3n) is 5.04. The number of benzene rings is 1. The van der Waals surface area contributed by atoms with Crippen molar-refractivity contribution < 1.29 is 9.59 Å². The number of likely N-dealkylation sites (N-methyl/N-ethyl adjacent to an activating group) is 1. The monoisotopic (exact) mass is 360 g/mol. The fourth-order valence-corrected chi connectivity index (χ4v) is 3.23. The Hall–Kier alpha value is -1.92. The van der Waals surface area contributed by atoms with Gasteiger partial charge in [-0.2, -0.15) is 0 Å². The molecular weight excluding hydrogens is 328 g/mol. The Bertz CT molecular complexity index is 593. The normalized spacial score (nSPS) is 15.7. The van der Waals surface area contributed by atoms with Gasteiger partial charge in [-0.3, -0.25) is 19.4 Å². The summed E-state index contributed by atoms with van der Waals surface area (Å²) in [5.74, 6) is 0.250. The zero-order valence-corrected chi connectivity index (χ0v) is 16.3. The average molecular weight is 361 g/mol.